The molecule has 0 aromatic heterocycles. The molecule has 5 heteroatoms. The molecule has 124 valence electrons. The average Bonchev–Trinajstić information content (AvgIpc) is 2.61. The van der Waals surface area contributed by atoms with Gasteiger partial charge in [-0.15, -0.1) is 0 Å². The topological polar surface area (TPSA) is 46.6 Å². The predicted octanol–water partition coefficient (Wildman–Crippen LogP) is 4.06. The van der Waals surface area contributed by atoms with Gasteiger partial charge in [-0.1, -0.05) is 36.4 Å². The highest BCUT2D eigenvalue weighted by molar-refractivity contribution is 7.92. The lowest BCUT2D eigenvalue weighted by molar-refractivity contribution is 0.340. The average molecular weight is 341 g/mol. The van der Waals surface area contributed by atoms with E-state index < -0.39 is 10.0 Å². The minimum Gasteiger partial charge on any atom is -0.494 e. The second kappa shape index (κ2) is 6.53. The third-order valence-electron chi connectivity index (χ3n) is 3.87. The summed E-state index contributed by atoms with van der Waals surface area (Å²) in [5.74, 6) is 0.649. The standard InChI is InChI=1S/C19H19NO3S/c1-3-23-18-10-6-9-17(14-18)20(2)24(21,22)19-12-11-15-7-4-5-8-16(15)13-19/h4-14H,3H2,1-2H3. The van der Waals surface area contributed by atoms with Crippen molar-refractivity contribution < 1.29 is 13.2 Å². The molecular formula is C19H19NO3S. The number of nitrogens with zero attached hydrogens (tertiary/aromatic N) is 1. The number of ether oxygens (including phenoxy) is 1. The molecule has 3 aromatic carbocycles. The van der Waals surface area contributed by atoms with E-state index in [1.54, 1.807) is 37.4 Å². The van der Waals surface area contributed by atoms with Gasteiger partial charge >= 0.3 is 0 Å². The molecule has 0 aliphatic rings. The van der Waals surface area contributed by atoms with Crippen LogP contribution in [0.2, 0.25) is 0 Å². The largest absolute Gasteiger partial charge is 0.494 e. The molecule has 0 fully saturated rings. The summed E-state index contributed by atoms with van der Waals surface area (Å²) in [6.07, 6.45) is 0. The van der Waals surface area contributed by atoms with Crippen LogP contribution in [-0.4, -0.2) is 22.1 Å². The molecule has 4 nitrogen and oxygen atoms in total. The summed E-state index contributed by atoms with van der Waals surface area (Å²) in [5.41, 5.74) is 0.564. The summed E-state index contributed by atoms with van der Waals surface area (Å²) < 4.78 is 32.6. The van der Waals surface area contributed by atoms with Gasteiger partial charge in [-0.3, -0.25) is 4.31 Å². The fourth-order valence-corrected chi connectivity index (χ4v) is 3.78. The van der Waals surface area contributed by atoms with Gasteiger partial charge in [0.05, 0.1) is 17.2 Å². The minimum atomic E-state index is -3.64. The molecule has 0 bridgehead atoms. The highest BCUT2D eigenvalue weighted by atomic mass is 32.2. The van der Waals surface area contributed by atoms with Gasteiger partial charge in [0.2, 0.25) is 0 Å². The summed E-state index contributed by atoms with van der Waals surface area (Å²) in [5, 5.41) is 1.91. The quantitative estimate of drug-likeness (QED) is 0.703. The summed E-state index contributed by atoms with van der Waals surface area (Å²) in [7, 11) is -2.09. The minimum absolute atomic E-state index is 0.269. The van der Waals surface area contributed by atoms with E-state index in [1.165, 1.54) is 4.31 Å². The highest BCUT2D eigenvalue weighted by Gasteiger charge is 2.21. The van der Waals surface area contributed by atoms with Gasteiger partial charge in [0.25, 0.3) is 10.0 Å². The van der Waals surface area contributed by atoms with Crippen molar-refractivity contribution in [3.05, 3.63) is 66.7 Å². The first kappa shape index (κ1) is 16.3. The van der Waals surface area contributed by atoms with E-state index in [2.05, 4.69) is 0 Å². The summed E-state index contributed by atoms with van der Waals surface area (Å²) in [6.45, 7) is 2.42. The normalized spacial score (nSPS) is 11.4. The van der Waals surface area contributed by atoms with E-state index in [-0.39, 0.29) is 4.90 Å². The number of sulfonamides is 1. The molecule has 0 saturated heterocycles. The number of rotatable bonds is 5. The van der Waals surface area contributed by atoms with Crippen LogP contribution in [0.25, 0.3) is 10.8 Å². The summed E-state index contributed by atoms with van der Waals surface area (Å²) >= 11 is 0. The van der Waals surface area contributed by atoms with Gasteiger partial charge in [-0.05, 0) is 42.0 Å². The van der Waals surface area contributed by atoms with Crippen LogP contribution in [0.4, 0.5) is 5.69 Å². The zero-order valence-electron chi connectivity index (χ0n) is 13.6. The Morgan fingerprint density at radius 3 is 2.42 bits per heavy atom. The van der Waals surface area contributed by atoms with E-state index in [4.69, 9.17) is 4.74 Å². The monoisotopic (exact) mass is 341 g/mol. The Kier molecular flexibility index (Phi) is 4.44. The second-order valence-electron chi connectivity index (χ2n) is 5.41. The molecule has 0 spiro atoms. The van der Waals surface area contributed by atoms with E-state index in [9.17, 15) is 8.42 Å². The first-order valence-electron chi connectivity index (χ1n) is 7.73. The third-order valence-corrected chi connectivity index (χ3v) is 5.65. The molecule has 0 radical (unpaired) electrons. The Bertz CT molecular complexity index is 967. The molecule has 0 amide bonds. The first-order chi connectivity index (χ1) is 11.5. The van der Waals surface area contributed by atoms with Crippen LogP contribution in [0.15, 0.2) is 71.6 Å². The maximum Gasteiger partial charge on any atom is 0.264 e. The highest BCUT2D eigenvalue weighted by Crippen LogP contribution is 2.27. The molecule has 0 aliphatic carbocycles. The fraction of sp³-hybridized carbons (Fsp3) is 0.158. The molecule has 0 heterocycles. The van der Waals surface area contributed by atoms with Crippen LogP contribution >= 0.6 is 0 Å². The number of hydrogen-bond acceptors (Lipinski definition) is 3. The van der Waals surface area contributed by atoms with Crippen molar-refractivity contribution in [3.63, 3.8) is 0 Å². The van der Waals surface area contributed by atoms with E-state index in [0.29, 0.717) is 18.0 Å². The van der Waals surface area contributed by atoms with Gasteiger partial charge in [0.1, 0.15) is 5.75 Å². The third kappa shape index (κ3) is 3.08. The van der Waals surface area contributed by atoms with Crippen LogP contribution in [0.5, 0.6) is 5.75 Å². The fourth-order valence-electron chi connectivity index (χ4n) is 2.56. The van der Waals surface area contributed by atoms with Gasteiger partial charge in [-0.25, -0.2) is 8.42 Å². The lowest BCUT2D eigenvalue weighted by Crippen LogP contribution is -2.26. The van der Waals surface area contributed by atoms with Crippen molar-refractivity contribution in [1.29, 1.82) is 0 Å². The van der Waals surface area contributed by atoms with E-state index in [0.717, 1.165) is 10.8 Å². The zero-order chi connectivity index (χ0) is 17.2. The summed E-state index contributed by atoms with van der Waals surface area (Å²) in [4.78, 5) is 0.269. The Morgan fingerprint density at radius 2 is 1.67 bits per heavy atom. The van der Waals surface area contributed by atoms with E-state index in [1.807, 2.05) is 43.3 Å². The van der Waals surface area contributed by atoms with Crippen molar-refractivity contribution in [1.82, 2.24) is 0 Å². The molecule has 24 heavy (non-hydrogen) atoms. The van der Waals surface area contributed by atoms with Crippen molar-refractivity contribution in [3.8, 4) is 5.75 Å². The number of fused-ring (bicyclic) bond motifs is 1. The Labute approximate surface area is 142 Å². The number of anilines is 1. The van der Waals surface area contributed by atoms with Crippen molar-refractivity contribution >= 4 is 26.5 Å². The number of hydrogen-bond donors (Lipinski definition) is 0. The van der Waals surface area contributed by atoms with Crippen LogP contribution in [0.3, 0.4) is 0 Å². The molecule has 3 rings (SSSR count). The molecular weight excluding hydrogens is 322 g/mol. The lowest BCUT2D eigenvalue weighted by Gasteiger charge is -2.20. The molecule has 0 atom stereocenters. The SMILES string of the molecule is CCOc1cccc(N(C)S(=O)(=O)c2ccc3ccccc3c2)c1. The van der Waals surface area contributed by atoms with E-state index >= 15 is 0 Å². The smallest absolute Gasteiger partial charge is 0.264 e. The predicted molar refractivity (Wildman–Crippen MR) is 97.1 cm³/mol. The molecule has 3 aromatic rings. The summed E-state index contributed by atoms with van der Waals surface area (Å²) in [6, 6.07) is 19.9. The molecule has 0 unspecified atom stereocenters. The zero-order valence-corrected chi connectivity index (χ0v) is 14.5. The van der Waals surface area contributed by atoms with Crippen LogP contribution in [0.1, 0.15) is 6.92 Å². The molecule has 0 aliphatic heterocycles. The first-order valence-corrected chi connectivity index (χ1v) is 9.17. The van der Waals surface area contributed by atoms with Crippen LogP contribution in [0, 0.1) is 0 Å². The Balaban J connectivity index is 2.00. The van der Waals surface area contributed by atoms with Crippen molar-refractivity contribution in [2.45, 2.75) is 11.8 Å². The maximum absolute atomic E-state index is 12.9. The Hall–Kier alpha value is -2.53. The van der Waals surface area contributed by atoms with Crippen LogP contribution < -0.4 is 9.04 Å². The maximum atomic E-state index is 12.9. The molecule has 0 N–H and O–H groups in total. The number of benzene rings is 3. The van der Waals surface area contributed by atoms with Crippen molar-refractivity contribution in [2.75, 3.05) is 18.0 Å². The van der Waals surface area contributed by atoms with Gasteiger partial charge in [0.15, 0.2) is 0 Å². The van der Waals surface area contributed by atoms with Crippen molar-refractivity contribution in [2.24, 2.45) is 0 Å². The van der Waals surface area contributed by atoms with Gasteiger partial charge in [-0.2, -0.15) is 0 Å². The van der Waals surface area contributed by atoms with Gasteiger partial charge in [0, 0.05) is 13.1 Å². The molecule has 0 saturated carbocycles. The van der Waals surface area contributed by atoms with Gasteiger partial charge < -0.3 is 4.74 Å². The lowest BCUT2D eigenvalue weighted by atomic mass is 10.1. The Morgan fingerprint density at radius 1 is 0.917 bits per heavy atom. The van der Waals surface area contributed by atoms with Crippen LogP contribution in [-0.2, 0) is 10.0 Å². The second-order valence-corrected chi connectivity index (χ2v) is 7.38.